The fraction of sp³-hybridized carbons (Fsp3) is 0.440. The average Bonchev–Trinajstić information content (AvgIpc) is 2.79. The average molecular weight is 440 g/mol. The maximum atomic E-state index is 13.3. The number of fused-ring (bicyclic) bond motifs is 1. The van der Waals surface area contributed by atoms with Crippen molar-refractivity contribution < 1.29 is 15.4 Å². The van der Waals surface area contributed by atoms with Crippen molar-refractivity contribution in [2.24, 2.45) is 5.41 Å². The third kappa shape index (κ3) is 4.63. The molecule has 4 rings (SSSR count). The minimum Gasteiger partial charge on any atom is -0.335 e. The first kappa shape index (κ1) is 20.9. The Hall–Kier alpha value is -2.93. The van der Waals surface area contributed by atoms with Gasteiger partial charge in [-0.2, -0.15) is 0 Å². The van der Waals surface area contributed by atoms with E-state index in [9.17, 15) is 14.0 Å². The lowest BCUT2D eigenvalue weighted by atomic mass is 9.80. The van der Waals surface area contributed by atoms with Gasteiger partial charge < -0.3 is 15.5 Å². The van der Waals surface area contributed by atoms with Gasteiger partial charge >= 0.3 is 6.03 Å². The number of carbonyl (C=O) groups is 2. The van der Waals surface area contributed by atoms with E-state index in [1.807, 2.05) is 24.3 Å². The molecule has 2 aromatic carbocycles. The van der Waals surface area contributed by atoms with E-state index in [0.717, 1.165) is 12.8 Å². The van der Waals surface area contributed by atoms with E-state index in [1.54, 1.807) is 15.1 Å². The molecule has 7 heteroatoms. The third-order valence-electron chi connectivity index (χ3n) is 6.25. The molecule has 2 aromatic rings. The molecule has 32 heavy (non-hydrogen) atoms. The lowest BCUT2D eigenvalue weighted by Crippen LogP contribution is -2.56. The molecule has 2 N–H and O–H groups in total. The second kappa shape index (κ2) is 8.90. The molecule has 2 aliphatic heterocycles. The number of benzene rings is 2. The van der Waals surface area contributed by atoms with Crippen LogP contribution in [0.2, 0.25) is 1.41 Å². The van der Waals surface area contributed by atoms with Gasteiger partial charge in [-0.1, -0.05) is 32.9 Å². The lowest BCUT2D eigenvalue weighted by Gasteiger charge is -2.40. The summed E-state index contributed by atoms with van der Waals surface area (Å²) >= 11 is 0. The van der Waals surface area contributed by atoms with E-state index in [0.29, 0.717) is 36.6 Å². The molecule has 1 fully saturated rings. The van der Waals surface area contributed by atoms with Crippen LogP contribution in [-0.2, 0) is 0 Å². The second-order valence-electron chi connectivity index (χ2n) is 9.56. The van der Waals surface area contributed by atoms with Crippen LogP contribution in [0, 0.1) is 11.2 Å². The molecule has 0 aromatic heterocycles. The van der Waals surface area contributed by atoms with E-state index in [2.05, 4.69) is 26.1 Å². The number of anilines is 2. The van der Waals surface area contributed by atoms with Gasteiger partial charge in [-0.15, -0.1) is 0 Å². The molecule has 2 atom stereocenters. The number of piperidine rings is 1. The molecule has 6 nitrogen and oxygen atoms in total. The van der Waals surface area contributed by atoms with E-state index in [-0.39, 0.29) is 29.4 Å². The van der Waals surface area contributed by atoms with Gasteiger partial charge in [-0.3, -0.25) is 9.69 Å². The normalized spacial score (nSPS) is 22.2. The summed E-state index contributed by atoms with van der Waals surface area (Å²) in [4.78, 5) is 29.7. The van der Waals surface area contributed by atoms with E-state index in [4.69, 9.17) is 1.41 Å². The third-order valence-corrected chi connectivity index (χ3v) is 6.25. The number of carbonyl (C=O) groups excluding carboxylic acids is 2. The fourth-order valence-corrected chi connectivity index (χ4v) is 4.39. The SMILES string of the molecule is [2H]N1CCC(NC(=O)N2CCN(C(=O)c3ccc(F)cc3)c3ccccc32)CC1C(C)(C)C. The summed E-state index contributed by atoms with van der Waals surface area (Å²) in [5, 5.41) is 4.80. The van der Waals surface area contributed by atoms with Gasteiger partial charge in [0.25, 0.3) is 5.91 Å². The largest absolute Gasteiger partial charge is 0.335 e. The van der Waals surface area contributed by atoms with E-state index >= 15 is 0 Å². The molecular weight excluding hydrogens is 407 g/mol. The molecule has 0 spiro atoms. The van der Waals surface area contributed by atoms with Crippen LogP contribution in [0.3, 0.4) is 0 Å². The minimum atomic E-state index is -0.390. The van der Waals surface area contributed by atoms with E-state index in [1.165, 1.54) is 24.3 Å². The topological polar surface area (TPSA) is 64.7 Å². The Morgan fingerprint density at radius 1 is 1.06 bits per heavy atom. The molecule has 0 saturated carbocycles. The maximum absolute atomic E-state index is 13.3. The maximum Gasteiger partial charge on any atom is 0.322 e. The van der Waals surface area contributed by atoms with Gasteiger partial charge in [-0.05, 0) is 61.2 Å². The van der Waals surface area contributed by atoms with Crippen molar-refractivity contribution in [2.45, 2.75) is 45.7 Å². The molecule has 3 amide bonds. The highest BCUT2D eigenvalue weighted by molar-refractivity contribution is 6.10. The van der Waals surface area contributed by atoms with Crippen LogP contribution < -0.4 is 20.4 Å². The lowest BCUT2D eigenvalue weighted by molar-refractivity contribution is 0.0986. The Labute approximate surface area is 190 Å². The van der Waals surface area contributed by atoms with Gasteiger partial charge in [0.1, 0.15) is 7.23 Å². The van der Waals surface area contributed by atoms with Crippen molar-refractivity contribution in [3.05, 3.63) is 59.9 Å². The second-order valence-corrected chi connectivity index (χ2v) is 9.56. The van der Waals surface area contributed by atoms with Crippen LogP contribution in [0.4, 0.5) is 20.6 Å². The smallest absolute Gasteiger partial charge is 0.322 e. The Kier molecular flexibility index (Phi) is 5.83. The molecule has 170 valence electrons. The highest BCUT2D eigenvalue weighted by Gasteiger charge is 2.34. The van der Waals surface area contributed by atoms with Crippen LogP contribution in [-0.4, -0.2) is 43.7 Å². The number of amides is 3. The molecule has 2 heterocycles. The molecule has 1 saturated heterocycles. The molecule has 0 radical (unpaired) electrons. The standard InChI is InChI=1S/C25H31FN4O2/c1-25(2,3)22-16-19(12-13-27-22)28-24(32)30-15-14-29(20-6-4-5-7-21(20)30)23(31)17-8-10-18(26)11-9-17/h4-11,19,22,27H,12-16H2,1-3H3,(H,28,32)/i/hD. The highest BCUT2D eigenvalue weighted by Crippen LogP contribution is 2.34. The van der Waals surface area contributed by atoms with Crippen LogP contribution >= 0.6 is 0 Å². The Morgan fingerprint density at radius 3 is 2.34 bits per heavy atom. The summed E-state index contributed by atoms with van der Waals surface area (Å²) in [7, 11) is 0. The number of hydrogen-bond donors (Lipinski definition) is 2. The van der Waals surface area contributed by atoms with Crippen molar-refractivity contribution in [1.82, 2.24) is 10.6 Å². The number of hydrogen-bond acceptors (Lipinski definition) is 3. The van der Waals surface area contributed by atoms with Crippen molar-refractivity contribution in [3.8, 4) is 0 Å². The number of halogens is 1. The summed E-state index contributed by atoms with van der Waals surface area (Å²) in [6.07, 6.45) is 1.45. The number of urea groups is 1. The molecule has 0 bridgehead atoms. The van der Waals surface area contributed by atoms with Crippen molar-refractivity contribution in [3.63, 3.8) is 0 Å². The first-order valence-corrected chi connectivity index (χ1v) is 11.1. The molecule has 2 unspecified atom stereocenters. The fourth-order valence-electron chi connectivity index (χ4n) is 4.39. The van der Waals surface area contributed by atoms with Crippen LogP contribution in [0.15, 0.2) is 48.5 Å². The predicted molar refractivity (Wildman–Crippen MR) is 125 cm³/mol. The van der Waals surface area contributed by atoms with Gasteiger partial charge in [0.2, 0.25) is 0 Å². The van der Waals surface area contributed by atoms with Gasteiger partial charge in [0.05, 0.1) is 11.4 Å². The number of nitrogens with one attached hydrogen (secondary N) is 2. The summed E-state index contributed by atoms with van der Waals surface area (Å²) in [5.74, 6) is -0.614. The number of nitrogens with zero attached hydrogens (tertiary/aromatic N) is 2. The van der Waals surface area contributed by atoms with Crippen molar-refractivity contribution in [2.75, 3.05) is 29.4 Å². The summed E-state index contributed by atoms with van der Waals surface area (Å²) in [6.45, 7) is 7.68. The number of rotatable bonds is 2. The Bertz CT molecular complexity index is 1020. The number of para-hydroxylation sites is 2. The van der Waals surface area contributed by atoms with Gasteiger partial charge in [-0.25, -0.2) is 9.18 Å². The van der Waals surface area contributed by atoms with Crippen molar-refractivity contribution >= 4 is 23.3 Å². The zero-order valence-corrected chi connectivity index (χ0v) is 18.8. The zero-order chi connectivity index (χ0) is 23.8. The Balaban J connectivity index is 1.51. The molecule has 0 aliphatic carbocycles. The predicted octanol–water partition coefficient (Wildman–Crippen LogP) is 4.17. The van der Waals surface area contributed by atoms with Crippen LogP contribution in [0.5, 0.6) is 0 Å². The van der Waals surface area contributed by atoms with Gasteiger partial charge in [0, 0.05) is 30.7 Å². The monoisotopic (exact) mass is 439 g/mol. The first-order chi connectivity index (χ1) is 15.6. The van der Waals surface area contributed by atoms with Gasteiger partial charge in [0.15, 0.2) is 0 Å². The first-order valence-electron chi connectivity index (χ1n) is 11.6. The molecule has 2 aliphatic rings. The quantitative estimate of drug-likeness (QED) is 0.738. The summed E-state index contributed by atoms with van der Waals surface area (Å²) in [6, 6.07) is 12.7. The van der Waals surface area contributed by atoms with E-state index < -0.39 is 5.82 Å². The van der Waals surface area contributed by atoms with Crippen LogP contribution in [0.1, 0.15) is 44.0 Å². The highest BCUT2D eigenvalue weighted by atomic mass is 19.1. The molecular formula is C25H31FN4O2. The minimum absolute atomic E-state index is 0.00522. The van der Waals surface area contributed by atoms with Crippen LogP contribution in [0.25, 0.3) is 0 Å². The Morgan fingerprint density at radius 2 is 1.69 bits per heavy atom. The summed E-state index contributed by atoms with van der Waals surface area (Å²) in [5.41, 5.74) is 1.67. The zero-order valence-electron chi connectivity index (χ0n) is 19.8. The summed E-state index contributed by atoms with van der Waals surface area (Å²) < 4.78 is 21.5. The van der Waals surface area contributed by atoms with Crippen molar-refractivity contribution in [1.29, 1.82) is 0 Å².